The first-order valence-electron chi connectivity index (χ1n) is 8.73. The van der Waals surface area contributed by atoms with Gasteiger partial charge in [-0.15, -0.1) is 11.3 Å². The zero-order chi connectivity index (χ0) is 17.8. The van der Waals surface area contributed by atoms with E-state index in [1.54, 1.807) is 17.6 Å². The van der Waals surface area contributed by atoms with Crippen LogP contribution in [0.2, 0.25) is 0 Å². The molecule has 0 aliphatic heterocycles. The Bertz CT molecular complexity index is 944. The molecule has 0 saturated carbocycles. The number of rotatable bonds is 6. The Labute approximate surface area is 157 Å². The van der Waals surface area contributed by atoms with Gasteiger partial charge in [0.1, 0.15) is 24.5 Å². The lowest BCUT2D eigenvalue weighted by molar-refractivity contribution is -0.702. The summed E-state index contributed by atoms with van der Waals surface area (Å²) in [6.45, 7) is 2.88. The van der Waals surface area contributed by atoms with Crippen LogP contribution in [0.4, 0.5) is 0 Å². The molecule has 2 aromatic carbocycles. The molecule has 0 aliphatic carbocycles. The van der Waals surface area contributed by atoms with Crippen molar-refractivity contribution in [2.45, 2.75) is 19.5 Å². The third-order valence-corrected chi connectivity index (χ3v) is 5.30. The Morgan fingerprint density at radius 3 is 2.46 bits per heavy atom. The van der Waals surface area contributed by atoms with Crippen LogP contribution in [0.3, 0.4) is 0 Å². The van der Waals surface area contributed by atoms with Gasteiger partial charge in [0.2, 0.25) is 5.89 Å². The normalized spacial score (nSPS) is 12.2. The summed E-state index contributed by atoms with van der Waals surface area (Å²) in [4.78, 5) is 5.70. The van der Waals surface area contributed by atoms with E-state index in [2.05, 4.69) is 71.8 Å². The maximum atomic E-state index is 5.65. The first-order valence-corrected chi connectivity index (χ1v) is 9.61. The zero-order valence-electron chi connectivity index (χ0n) is 14.6. The molecule has 3 nitrogen and oxygen atoms in total. The first-order chi connectivity index (χ1) is 12.8. The van der Waals surface area contributed by atoms with Crippen molar-refractivity contribution in [3.05, 3.63) is 101 Å². The van der Waals surface area contributed by atoms with E-state index in [4.69, 9.17) is 4.42 Å². The lowest BCUT2D eigenvalue weighted by Crippen LogP contribution is -2.84. The molecule has 0 amide bonds. The van der Waals surface area contributed by atoms with Gasteiger partial charge in [0.25, 0.3) is 0 Å². The van der Waals surface area contributed by atoms with Crippen LogP contribution in [-0.2, 0) is 6.54 Å². The van der Waals surface area contributed by atoms with Gasteiger partial charge in [0.15, 0.2) is 0 Å². The number of quaternary nitrogens is 1. The van der Waals surface area contributed by atoms with E-state index in [-0.39, 0.29) is 6.04 Å². The number of oxazole rings is 1. The molecule has 2 N–H and O–H groups in total. The molecule has 2 aromatic heterocycles. The molecule has 4 rings (SSSR count). The second-order valence-electron chi connectivity index (χ2n) is 6.36. The van der Waals surface area contributed by atoms with Crippen LogP contribution in [0.15, 0.2) is 82.8 Å². The van der Waals surface area contributed by atoms with Gasteiger partial charge in [-0.25, -0.2) is 4.98 Å². The van der Waals surface area contributed by atoms with Gasteiger partial charge in [0, 0.05) is 11.1 Å². The molecular formula is C22H21N2OS+. The fraction of sp³-hybridized carbons (Fsp3) is 0.136. The van der Waals surface area contributed by atoms with E-state index >= 15 is 0 Å². The molecule has 0 bridgehead atoms. The van der Waals surface area contributed by atoms with Crippen molar-refractivity contribution in [3.8, 4) is 10.8 Å². The number of aromatic nitrogens is 1. The number of hydrogen-bond acceptors (Lipinski definition) is 3. The highest BCUT2D eigenvalue weighted by Gasteiger charge is 2.18. The van der Waals surface area contributed by atoms with Crippen molar-refractivity contribution in [1.82, 2.24) is 4.98 Å². The zero-order valence-corrected chi connectivity index (χ0v) is 15.4. The molecule has 2 heterocycles. The third kappa shape index (κ3) is 3.77. The molecule has 26 heavy (non-hydrogen) atoms. The molecule has 0 aliphatic rings. The summed E-state index contributed by atoms with van der Waals surface area (Å²) in [7, 11) is 0. The standard InChI is InChI=1S/C22H20N2OS/c1-16-9-11-18(12-10-16)21(17-6-3-2-4-7-17)23-14-19-15-25-22(24-19)20-8-5-13-26-20/h2-13,15,21,23H,14H2,1H3/p+1/t21-/m0/s1. The molecule has 0 spiro atoms. The van der Waals surface area contributed by atoms with Gasteiger partial charge in [-0.2, -0.15) is 0 Å². The maximum absolute atomic E-state index is 5.65. The Hall–Kier alpha value is -2.69. The van der Waals surface area contributed by atoms with E-state index in [1.807, 2.05) is 17.5 Å². The Balaban J connectivity index is 1.54. The van der Waals surface area contributed by atoms with Crippen molar-refractivity contribution in [2.24, 2.45) is 0 Å². The lowest BCUT2D eigenvalue weighted by Gasteiger charge is -2.16. The highest BCUT2D eigenvalue weighted by molar-refractivity contribution is 7.13. The Morgan fingerprint density at radius 1 is 0.962 bits per heavy atom. The van der Waals surface area contributed by atoms with E-state index in [9.17, 15) is 0 Å². The Kier molecular flexibility index (Phi) is 4.95. The van der Waals surface area contributed by atoms with Crippen molar-refractivity contribution >= 4 is 11.3 Å². The second kappa shape index (κ2) is 7.68. The molecular weight excluding hydrogens is 340 g/mol. The van der Waals surface area contributed by atoms with Gasteiger partial charge < -0.3 is 9.73 Å². The third-order valence-electron chi connectivity index (χ3n) is 4.44. The quantitative estimate of drug-likeness (QED) is 0.547. The first kappa shape index (κ1) is 16.8. The SMILES string of the molecule is Cc1ccc([C@@H]([NH2+]Cc2coc(-c3cccs3)n2)c2ccccc2)cc1. The van der Waals surface area contributed by atoms with Crippen LogP contribution in [0.5, 0.6) is 0 Å². The molecule has 0 fully saturated rings. The van der Waals surface area contributed by atoms with Crippen LogP contribution < -0.4 is 5.32 Å². The predicted octanol–water partition coefficient (Wildman–Crippen LogP) is 4.56. The van der Waals surface area contributed by atoms with Gasteiger partial charge in [-0.3, -0.25) is 0 Å². The minimum absolute atomic E-state index is 0.235. The van der Waals surface area contributed by atoms with Crippen molar-refractivity contribution in [3.63, 3.8) is 0 Å². The van der Waals surface area contributed by atoms with Gasteiger partial charge in [-0.1, -0.05) is 66.2 Å². The van der Waals surface area contributed by atoms with E-state index < -0.39 is 0 Å². The van der Waals surface area contributed by atoms with Gasteiger partial charge >= 0.3 is 0 Å². The fourth-order valence-electron chi connectivity index (χ4n) is 3.05. The van der Waals surface area contributed by atoms with E-state index in [0.29, 0.717) is 5.89 Å². The van der Waals surface area contributed by atoms with E-state index in [0.717, 1.165) is 17.1 Å². The summed E-state index contributed by atoms with van der Waals surface area (Å²) in [5, 5.41) is 4.35. The molecule has 0 radical (unpaired) electrons. The minimum Gasteiger partial charge on any atom is -0.443 e. The summed E-state index contributed by atoms with van der Waals surface area (Å²) in [6.07, 6.45) is 1.77. The summed E-state index contributed by atoms with van der Waals surface area (Å²) >= 11 is 1.64. The average molecular weight is 361 g/mol. The minimum atomic E-state index is 0.235. The molecule has 4 heteroatoms. The van der Waals surface area contributed by atoms with Crippen LogP contribution in [0.1, 0.15) is 28.4 Å². The average Bonchev–Trinajstić information content (AvgIpc) is 3.36. The highest BCUT2D eigenvalue weighted by atomic mass is 32.1. The van der Waals surface area contributed by atoms with Crippen molar-refractivity contribution in [2.75, 3.05) is 0 Å². The number of nitrogens with two attached hydrogens (primary N) is 1. The van der Waals surface area contributed by atoms with Gasteiger partial charge in [0.05, 0.1) is 4.88 Å². The van der Waals surface area contributed by atoms with Crippen molar-refractivity contribution in [1.29, 1.82) is 0 Å². The number of benzene rings is 2. The topological polar surface area (TPSA) is 42.6 Å². The fourth-order valence-corrected chi connectivity index (χ4v) is 3.71. The smallest absolute Gasteiger partial charge is 0.236 e. The van der Waals surface area contributed by atoms with Crippen LogP contribution >= 0.6 is 11.3 Å². The van der Waals surface area contributed by atoms with Crippen LogP contribution in [0.25, 0.3) is 10.8 Å². The summed E-state index contributed by atoms with van der Waals surface area (Å²) in [5.41, 5.74) is 4.82. The largest absolute Gasteiger partial charge is 0.443 e. The summed E-state index contributed by atoms with van der Waals surface area (Å²) in [6, 6.07) is 23.6. The number of aryl methyl sites for hydroxylation is 1. The summed E-state index contributed by atoms with van der Waals surface area (Å²) in [5.74, 6) is 0.704. The molecule has 4 aromatic rings. The number of hydrogen-bond donors (Lipinski definition) is 1. The predicted molar refractivity (Wildman–Crippen MR) is 105 cm³/mol. The number of nitrogens with zero attached hydrogens (tertiary/aromatic N) is 1. The lowest BCUT2D eigenvalue weighted by atomic mass is 9.98. The molecule has 0 saturated heterocycles. The van der Waals surface area contributed by atoms with Crippen LogP contribution in [0, 0.1) is 6.92 Å². The second-order valence-corrected chi connectivity index (χ2v) is 7.31. The Morgan fingerprint density at radius 2 is 1.73 bits per heavy atom. The molecule has 1 atom stereocenters. The maximum Gasteiger partial charge on any atom is 0.236 e. The van der Waals surface area contributed by atoms with Crippen LogP contribution in [-0.4, -0.2) is 4.98 Å². The highest BCUT2D eigenvalue weighted by Crippen LogP contribution is 2.24. The number of thiophene rings is 1. The summed E-state index contributed by atoms with van der Waals surface area (Å²) < 4.78 is 5.65. The monoisotopic (exact) mass is 361 g/mol. The molecule has 0 unspecified atom stereocenters. The van der Waals surface area contributed by atoms with Crippen molar-refractivity contribution < 1.29 is 9.73 Å². The van der Waals surface area contributed by atoms with E-state index in [1.165, 1.54) is 16.7 Å². The van der Waals surface area contributed by atoms with Gasteiger partial charge in [-0.05, 0) is 18.4 Å². The molecule has 130 valence electrons.